The second-order valence-electron chi connectivity index (χ2n) is 13.0. The van der Waals surface area contributed by atoms with Crippen molar-refractivity contribution in [1.82, 2.24) is 5.32 Å². The SMILES string of the molecule is CC[N+]12CCC(c3ccccc3)(CC1)CC2(Cc1cc(C(F)(F)F)cc(C(F)(F)F)c1)C1(c2ccc(Cl)c(Cl)c2)CNC(=O)C1.O.O.[Cl-]. The molecule has 0 saturated carbocycles. The van der Waals surface area contributed by atoms with Crippen LogP contribution < -0.4 is 17.7 Å². The standard InChI is InChI=1S/C34H32Cl2F6N2O.ClH.2H2O/c1-2-44-12-10-30(11-13-44,23-6-4-3-5-7-23)20-32(44,18-22-14-25(33(37,38)39)16-26(15-22)34(40,41)42)31(19-29(45)43-21-31)24-8-9-27(35)28(36)17-24;;;/h3-9,14-17H,2,10-13,18-21H2,1H3;1H;2*1H2. The maximum Gasteiger partial charge on any atom is 0.416 e. The average molecular weight is 742 g/mol. The van der Waals surface area contributed by atoms with Crippen molar-refractivity contribution in [2.45, 2.75) is 67.7 Å². The number of nitrogens with zero attached hydrogens (tertiary/aromatic N) is 1. The molecule has 4 fully saturated rings. The fourth-order valence-corrected chi connectivity index (χ4v) is 9.25. The van der Waals surface area contributed by atoms with Crippen LogP contribution in [0, 0.1) is 0 Å². The second-order valence-corrected chi connectivity index (χ2v) is 13.8. The van der Waals surface area contributed by atoms with Crippen LogP contribution in [0.25, 0.3) is 0 Å². The lowest BCUT2D eigenvalue weighted by Crippen LogP contribution is -3.00. The first-order valence-corrected chi connectivity index (χ1v) is 15.8. The predicted molar refractivity (Wildman–Crippen MR) is 168 cm³/mol. The highest BCUT2D eigenvalue weighted by Crippen LogP contribution is 2.63. The first-order valence-electron chi connectivity index (χ1n) is 15.0. The molecule has 4 aliphatic heterocycles. The van der Waals surface area contributed by atoms with E-state index in [1.807, 2.05) is 25.1 Å². The third-order valence-corrected chi connectivity index (χ3v) is 11.9. The molecule has 7 rings (SSSR count). The zero-order valence-corrected chi connectivity index (χ0v) is 28.2. The van der Waals surface area contributed by atoms with Gasteiger partial charge in [0.05, 0.1) is 46.2 Å². The number of nitrogens with one attached hydrogen (secondary N) is 1. The number of piperidine rings is 3. The van der Waals surface area contributed by atoms with Crippen LogP contribution in [-0.2, 0) is 34.4 Å². The highest BCUT2D eigenvalue weighted by molar-refractivity contribution is 6.42. The molecule has 2 bridgehead atoms. The van der Waals surface area contributed by atoms with Crippen LogP contribution in [0.5, 0.6) is 0 Å². The Labute approximate surface area is 291 Å². The molecule has 0 aromatic heterocycles. The molecule has 5 N–H and O–H groups in total. The van der Waals surface area contributed by atoms with Gasteiger partial charge in [-0.1, -0.05) is 59.6 Å². The Morgan fingerprint density at radius 1 is 0.812 bits per heavy atom. The van der Waals surface area contributed by atoms with Crippen molar-refractivity contribution in [3.05, 3.63) is 105 Å². The molecule has 5 nitrogen and oxygen atoms in total. The number of amides is 1. The fraction of sp³-hybridized carbons (Fsp3) is 0.441. The van der Waals surface area contributed by atoms with E-state index >= 15 is 0 Å². The van der Waals surface area contributed by atoms with Crippen molar-refractivity contribution < 1.29 is 59.0 Å². The van der Waals surface area contributed by atoms with Gasteiger partial charge in [-0.15, -0.1) is 0 Å². The number of fused-ring (bicyclic) bond motifs is 3. The molecule has 14 heteroatoms. The number of carbonyl (C=O) groups is 1. The van der Waals surface area contributed by atoms with Gasteiger partial charge < -0.3 is 33.2 Å². The molecule has 0 radical (unpaired) electrons. The molecule has 0 spiro atoms. The van der Waals surface area contributed by atoms with Crippen LogP contribution in [-0.4, -0.2) is 53.1 Å². The largest absolute Gasteiger partial charge is 1.00 e. The molecule has 48 heavy (non-hydrogen) atoms. The number of rotatable bonds is 6. The molecule has 3 aromatic carbocycles. The van der Waals surface area contributed by atoms with Gasteiger partial charge >= 0.3 is 12.4 Å². The van der Waals surface area contributed by atoms with Gasteiger partial charge in [0.15, 0.2) is 0 Å². The van der Waals surface area contributed by atoms with Gasteiger partial charge in [-0.25, -0.2) is 0 Å². The number of hydrogen-bond acceptors (Lipinski definition) is 1. The highest BCUT2D eigenvalue weighted by atomic mass is 35.5. The van der Waals surface area contributed by atoms with Crippen molar-refractivity contribution in [2.75, 3.05) is 26.2 Å². The number of carbonyl (C=O) groups excluding carboxylic acids is 1. The number of hydrogen-bond donors (Lipinski definition) is 1. The number of quaternary nitrogens is 1. The molecular weight excluding hydrogens is 705 g/mol. The Morgan fingerprint density at radius 2 is 1.40 bits per heavy atom. The predicted octanol–water partition coefficient (Wildman–Crippen LogP) is 4.10. The third-order valence-electron chi connectivity index (χ3n) is 11.1. The van der Waals surface area contributed by atoms with Crippen LogP contribution in [0.15, 0.2) is 66.7 Å². The van der Waals surface area contributed by atoms with E-state index in [0.717, 1.165) is 30.5 Å². The van der Waals surface area contributed by atoms with Crippen molar-refractivity contribution in [3.8, 4) is 0 Å². The lowest BCUT2D eigenvalue weighted by molar-refractivity contribution is -0.996. The van der Waals surface area contributed by atoms with Crippen LogP contribution in [0.2, 0.25) is 10.0 Å². The van der Waals surface area contributed by atoms with E-state index in [1.165, 1.54) is 0 Å². The Hall–Kier alpha value is -2.54. The average Bonchev–Trinajstić information content (AvgIpc) is 3.41. The zero-order valence-electron chi connectivity index (χ0n) is 26.0. The minimum atomic E-state index is -4.98. The van der Waals surface area contributed by atoms with E-state index in [2.05, 4.69) is 17.4 Å². The number of halogens is 9. The highest BCUT2D eigenvalue weighted by Gasteiger charge is 2.72. The maximum atomic E-state index is 14.1. The molecule has 1 amide bonds. The minimum Gasteiger partial charge on any atom is -1.00 e. The molecule has 2 atom stereocenters. The smallest absolute Gasteiger partial charge is 0.416 e. The lowest BCUT2D eigenvalue weighted by atomic mass is 9.49. The Morgan fingerprint density at radius 3 is 1.88 bits per heavy atom. The monoisotopic (exact) mass is 740 g/mol. The first kappa shape index (κ1) is 39.9. The summed E-state index contributed by atoms with van der Waals surface area (Å²) in [6, 6.07) is 17.0. The van der Waals surface area contributed by atoms with Gasteiger partial charge in [-0.05, 0) is 53.9 Å². The van der Waals surface area contributed by atoms with Crippen LogP contribution >= 0.6 is 23.2 Å². The number of alkyl halides is 6. The van der Waals surface area contributed by atoms with Crippen LogP contribution in [0.1, 0.15) is 60.4 Å². The van der Waals surface area contributed by atoms with Crippen molar-refractivity contribution >= 4 is 29.1 Å². The summed E-state index contributed by atoms with van der Waals surface area (Å²) in [5, 5.41) is 3.56. The fourth-order valence-electron chi connectivity index (χ4n) is 8.95. The van der Waals surface area contributed by atoms with Crippen LogP contribution in [0.3, 0.4) is 0 Å². The van der Waals surface area contributed by atoms with E-state index in [9.17, 15) is 31.1 Å². The van der Waals surface area contributed by atoms with Gasteiger partial charge in [0.2, 0.25) is 5.91 Å². The maximum absolute atomic E-state index is 14.1. The molecule has 4 heterocycles. The summed E-state index contributed by atoms with van der Waals surface area (Å²) in [5.74, 6) is -0.230. The summed E-state index contributed by atoms with van der Waals surface area (Å²) in [5.41, 5.74) is -3.35. The third kappa shape index (κ3) is 6.31. The van der Waals surface area contributed by atoms with E-state index in [4.69, 9.17) is 23.2 Å². The van der Waals surface area contributed by atoms with Crippen molar-refractivity contribution in [1.29, 1.82) is 0 Å². The molecular formula is C34H37Cl3F6N2O3. The molecule has 4 aliphatic rings. The molecule has 4 saturated heterocycles. The summed E-state index contributed by atoms with van der Waals surface area (Å²) < 4.78 is 85.1. The van der Waals surface area contributed by atoms with Crippen molar-refractivity contribution in [3.63, 3.8) is 0 Å². The summed E-state index contributed by atoms with van der Waals surface area (Å²) in [7, 11) is 0. The topological polar surface area (TPSA) is 92.1 Å². The summed E-state index contributed by atoms with van der Waals surface area (Å²) in [4.78, 5) is 13.3. The normalized spacial score (nSPS) is 28.1. The van der Waals surface area contributed by atoms with E-state index < -0.39 is 34.4 Å². The quantitative estimate of drug-likeness (QED) is 0.300. The first-order chi connectivity index (χ1) is 21.1. The number of benzene rings is 3. The lowest BCUT2D eigenvalue weighted by Gasteiger charge is -2.70. The molecule has 0 aliphatic carbocycles. The second kappa shape index (κ2) is 13.6. The summed E-state index contributed by atoms with van der Waals surface area (Å²) >= 11 is 12.9. The molecule has 2 unspecified atom stereocenters. The minimum absolute atomic E-state index is 0. The van der Waals surface area contributed by atoms with E-state index in [1.54, 1.807) is 18.2 Å². The summed E-state index contributed by atoms with van der Waals surface area (Å²) in [6.45, 7) is 4.10. The van der Waals surface area contributed by atoms with E-state index in [0.29, 0.717) is 41.1 Å². The summed E-state index contributed by atoms with van der Waals surface area (Å²) in [6.07, 6.45) is -7.97. The Balaban J connectivity index is 0.00000208. The van der Waals surface area contributed by atoms with E-state index in [-0.39, 0.29) is 70.7 Å². The van der Waals surface area contributed by atoms with Gasteiger partial charge in [0, 0.05) is 44.1 Å². The molecule has 3 aromatic rings. The van der Waals surface area contributed by atoms with Gasteiger partial charge in [-0.3, -0.25) is 4.79 Å². The van der Waals surface area contributed by atoms with Crippen molar-refractivity contribution in [2.24, 2.45) is 0 Å². The zero-order chi connectivity index (χ0) is 32.5. The van der Waals surface area contributed by atoms with Gasteiger partial charge in [0.25, 0.3) is 0 Å². The number of likely N-dealkylation sites (N-methyl/N-ethyl adjacent to an activating group) is 1. The van der Waals surface area contributed by atoms with Gasteiger partial charge in [0.1, 0.15) is 5.54 Å². The Kier molecular flexibility index (Phi) is 11.3. The van der Waals surface area contributed by atoms with Gasteiger partial charge in [-0.2, -0.15) is 26.3 Å². The molecule has 264 valence electrons. The van der Waals surface area contributed by atoms with Crippen LogP contribution in [0.4, 0.5) is 26.3 Å². The Bertz CT molecular complexity index is 1600.